The van der Waals surface area contributed by atoms with E-state index in [4.69, 9.17) is 25.3 Å². The van der Waals surface area contributed by atoms with Gasteiger partial charge < -0.3 is 19.0 Å². The number of halogens is 1. The summed E-state index contributed by atoms with van der Waals surface area (Å²) in [7, 11) is 0. The monoisotopic (exact) mass is 325 g/mol. The molecule has 3 heterocycles. The molecule has 1 aliphatic heterocycles. The van der Waals surface area contributed by atoms with Crippen molar-refractivity contribution in [2.45, 2.75) is 25.8 Å². The summed E-state index contributed by atoms with van der Waals surface area (Å²) >= 11 is 5.71. The highest BCUT2D eigenvalue weighted by Gasteiger charge is 2.32. The highest BCUT2D eigenvalue weighted by molar-refractivity contribution is 6.29. The van der Waals surface area contributed by atoms with Crippen LogP contribution in [0.2, 0.25) is 5.22 Å². The maximum Gasteiger partial charge on any atom is 0.287 e. The molecule has 0 radical (unpaired) electrons. The number of hydrogen-bond acceptors (Lipinski definition) is 6. The Labute approximate surface area is 132 Å². The van der Waals surface area contributed by atoms with Crippen molar-refractivity contribution in [1.82, 2.24) is 15.5 Å². The predicted octanol–water partition coefficient (Wildman–Crippen LogP) is 2.52. The second kappa shape index (κ2) is 6.50. The number of furan rings is 1. The molecule has 0 aliphatic carbocycles. The van der Waals surface area contributed by atoms with Crippen LogP contribution in [-0.4, -0.2) is 29.3 Å². The molecule has 0 bridgehead atoms. The molecule has 3 rings (SSSR count). The van der Waals surface area contributed by atoms with E-state index in [0.717, 1.165) is 12.8 Å². The molecule has 118 valence electrons. The summed E-state index contributed by atoms with van der Waals surface area (Å²) in [6.07, 6.45) is 1.62. The number of carbonyl (C=O) groups is 1. The average Bonchev–Trinajstić information content (AvgIpc) is 3.14. The van der Waals surface area contributed by atoms with E-state index in [2.05, 4.69) is 15.5 Å². The summed E-state index contributed by atoms with van der Waals surface area (Å²) in [5.41, 5.74) is 0. The second-order valence-electron chi connectivity index (χ2n) is 5.18. The van der Waals surface area contributed by atoms with Gasteiger partial charge in [0.15, 0.2) is 16.8 Å². The van der Waals surface area contributed by atoms with Crippen molar-refractivity contribution in [1.29, 1.82) is 0 Å². The molecule has 2 aromatic heterocycles. The Morgan fingerprint density at radius 2 is 2.18 bits per heavy atom. The lowest BCUT2D eigenvalue weighted by atomic mass is 9.91. The third-order valence-corrected chi connectivity index (χ3v) is 3.83. The number of amides is 1. The third kappa shape index (κ3) is 3.31. The van der Waals surface area contributed by atoms with Gasteiger partial charge in [-0.1, -0.05) is 5.16 Å². The first kappa shape index (κ1) is 15.1. The van der Waals surface area contributed by atoms with Crippen LogP contribution in [-0.2, 0) is 4.74 Å². The Balaban J connectivity index is 1.80. The average molecular weight is 326 g/mol. The number of hydrogen-bond donors (Lipinski definition) is 1. The molecule has 22 heavy (non-hydrogen) atoms. The molecule has 0 aromatic carbocycles. The van der Waals surface area contributed by atoms with E-state index in [1.165, 1.54) is 12.1 Å². The van der Waals surface area contributed by atoms with Crippen molar-refractivity contribution in [2.75, 3.05) is 13.2 Å². The van der Waals surface area contributed by atoms with E-state index in [1.807, 2.05) is 0 Å². The molecule has 8 heteroatoms. The number of aromatic nitrogens is 2. The minimum absolute atomic E-state index is 0.151. The van der Waals surface area contributed by atoms with E-state index < -0.39 is 0 Å². The van der Waals surface area contributed by atoms with Gasteiger partial charge in [-0.3, -0.25) is 4.79 Å². The fraction of sp³-hybridized carbons (Fsp3) is 0.500. The van der Waals surface area contributed by atoms with Gasteiger partial charge in [-0.05, 0) is 49.4 Å². The molecule has 7 nitrogen and oxygen atoms in total. The number of nitrogens with one attached hydrogen (secondary N) is 1. The van der Waals surface area contributed by atoms with Crippen LogP contribution in [0.25, 0.3) is 0 Å². The summed E-state index contributed by atoms with van der Waals surface area (Å²) in [6.45, 7) is 3.04. The van der Waals surface area contributed by atoms with Crippen molar-refractivity contribution in [2.24, 2.45) is 5.92 Å². The van der Waals surface area contributed by atoms with Gasteiger partial charge in [0.2, 0.25) is 5.89 Å². The largest absolute Gasteiger partial charge is 0.440 e. The van der Waals surface area contributed by atoms with Crippen LogP contribution in [0.5, 0.6) is 0 Å². The Morgan fingerprint density at radius 3 is 2.77 bits per heavy atom. The fourth-order valence-corrected chi connectivity index (χ4v) is 2.66. The molecule has 0 spiro atoms. The van der Waals surface area contributed by atoms with E-state index >= 15 is 0 Å². The molecule has 1 N–H and O–H groups in total. The molecule has 0 saturated carbocycles. The Hall–Kier alpha value is -1.86. The summed E-state index contributed by atoms with van der Waals surface area (Å²) < 4.78 is 15.8. The van der Waals surface area contributed by atoms with Crippen molar-refractivity contribution >= 4 is 17.5 Å². The van der Waals surface area contributed by atoms with Crippen molar-refractivity contribution in [3.63, 3.8) is 0 Å². The number of nitrogens with zero attached hydrogens (tertiary/aromatic N) is 2. The molecule has 1 fully saturated rings. The minimum atomic E-state index is -0.374. The van der Waals surface area contributed by atoms with E-state index in [0.29, 0.717) is 24.9 Å². The molecule has 1 amide bonds. The summed E-state index contributed by atoms with van der Waals surface area (Å²) in [5, 5.41) is 6.87. The number of ether oxygens (including phenoxy) is 1. The lowest BCUT2D eigenvalue weighted by Gasteiger charge is -2.28. The maximum absolute atomic E-state index is 12.3. The van der Waals surface area contributed by atoms with E-state index in [1.54, 1.807) is 6.92 Å². The first-order chi connectivity index (χ1) is 10.6. The summed E-state index contributed by atoms with van der Waals surface area (Å²) in [4.78, 5) is 16.6. The molecule has 1 atom stereocenters. The summed E-state index contributed by atoms with van der Waals surface area (Å²) in [6, 6.07) is 2.68. The van der Waals surface area contributed by atoms with Crippen molar-refractivity contribution < 1.29 is 18.5 Å². The Morgan fingerprint density at radius 1 is 1.41 bits per heavy atom. The van der Waals surface area contributed by atoms with Crippen molar-refractivity contribution in [3.8, 4) is 0 Å². The topological polar surface area (TPSA) is 90.4 Å². The molecule has 2 aromatic rings. The molecule has 1 saturated heterocycles. The lowest BCUT2D eigenvalue weighted by molar-refractivity contribution is 0.0463. The predicted molar refractivity (Wildman–Crippen MR) is 76.5 cm³/mol. The number of rotatable bonds is 4. The second-order valence-corrected chi connectivity index (χ2v) is 5.56. The molecular formula is C14H16ClN3O4. The van der Waals surface area contributed by atoms with Gasteiger partial charge in [-0.2, -0.15) is 4.98 Å². The molecular weight excluding hydrogens is 310 g/mol. The molecule has 0 unspecified atom stereocenters. The standard InChI is InChI=1S/C14H16ClN3O4/c1-8-16-14(22-18-8)12(9-4-6-20-7-5-9)17-13(19)10-2-3-11(15)21-10/h2-3,9,12H,4-7H2,1H3,(H,17,19)/t12-/m0/s1. The normalized spacial score (nSPS) is 17.4. The van der Waals surface area contributed by atoms with Gasteiger partial charge in [-0.25, -0.2) is 0 Å². The number of carbonyl (C=O) groups excluding carboxylic acids is 1. The Kier molecular flexibility index (Phi) is 4.44. The van der Waals surface area contributed by atoms with Gasteiger partial charge in [0.25, 0.3) is 5.91 Å². The Bertz CT molecular complexity index is 648. The summed E-state index contributed by atoms with van der Waals surface area (Å²) in [5.74, 6) is 0.887. The van der Waals surface area contributed by atoms with Crippen LogP contribution in [0.1, 0.15) is 41.2 Å². The van der Waals surface area contributed by atoms with Crippen LogP contribution in [0, 0.1) is 12.8 Å². The van der Waals surface area contributed by atoms with Crippen LogP contribution in [0.3, 0.4) is 0 Å². The van der Waals surface area contributed by atoms with Gasteiger partial charge in [0.1, 0.15) is 6.04 Å². The van der Waals surface area contributed by atoms with Gasteiger partial charge >= 0.3 is 0 Å². The van der Waals surface area contributed by atoms with E-state index in [-0.39, 0.29) is 28.8 Å². The number of aryl methyl sites for hydroxylation is 1. The highest BCUT2D eigenvalue weighted by Crippen LogP contribution is 2.29. The van der Waals surface area contributed by atoms with Crippen LogP contribution in [0.15, 0.2) is 21.1 Å². The zero-order chi connectivity index (χ0) is 15.5. The first-order valence-electron chi connectivity index (χ1n) is 7.07. The third-order valence-electron chi connectivity index (χ3n) is 3.63. The van der Waals surface area contributed by atoms with Crippen LogP contribution < -0.4 is 5.32 Å². The smallest absolute Gasteiger partial charge is 0.287 e. The maximum atomic E-state index is 12.3. The SMILES string of the molecule is Cc1noc([C@@H](NC(=O)c2ccc(Cl)o2)C2CCOCC2)n1. The lowest BCUT2D eigenvalue weighted by Crippen LogP contribution is -2.36. The molecule has 1 aliphatic rings. The zero-order valence-electron chi connectivity index (χ0n) is 12.0. The van der Waals surface area contributed by atoms with Crippen LogP contribution in [0.4, 0.5) is 0 Å². The first-order valence-corrected chi connectivity index (χ1v) is 7.45. The minimum Gasteiger partial charge on any atom is -0.440 e. The van der Waals surface area contributed by atoms with Gasteiger partial charge in [0.05, 0.1) is 0 Å². The fourth-order valence-electron chi connectivity index (χ4n) is 2.52. The van der Waals surface area contributed by atoms with E-state index in [9.17, 15) is 4.79 Å². The van der Waals surface area contributed by atoms with Gasteiger partial charge in [0, 0.05) is 13.2 Å². The van der Waals surface area contributed by atoms with Gasteiger partial charge in [-0.15, -0.1) is 0 Å². The quantitative estimate of drug-likeness (QED) is 0.928. The van der Waals surface area contributed by atoms with Crippen molar-refractivity contribution in [3.05, 3.63) is 34.8 Å². The highest BCUT2D eigenvalue weighted by atomic mass is 35.5. The van der Waals surface area contributed by atoms with Crippen LogP contribution >= 0.6 is 11.6 Å². The zero-order valence-corrected chi connectivity index (χ0v) is 12.8.